The summed E-state index contributed by atoms with van der Waals surface area (Å²) in [7, 11) is 0. The number of carbonyl (C=O) groups excluding carboxylic acids is 1. The van der Waals surface area contributed by atoms with Crippen molar-refractivity contribution in [2.75, 3.05) is 0 Å². The van der Waals surface area contributed by atoms with Crippen LogP contribution in [0.1, 0.15) is 15.9 Å². The Morgan fingerprint density at radius 3 is 2.52 bits per heavy atom. The van der Waals surface area contributed by atoms with Crippen LogP contribution in [-0.2, 0) is 0 Å². The summed E-state index contributed by atoms with van der Waals surface area (Å²) in [6.45, 7) is 0. The van der Waals surface area contributed by atoms with E-state index in [1.54, 1.807) is 0 Å². The number of nitrogens with zero attached hydrogens (tertiary/aromatic N) is 1. The average molecular weight is 270 g/mol. The molecule has 0 amide bonds. The van der Waals surface area contributed by atoms with Crippen molar-refractivity contribution in [1.82, 2.24) is 10.2 Å². The van der Waals surface area contributed by atoms with Gasteiger partial charge in [0, 0.05) is 27.5 Å². The number of hydrogen-bond acceptors (Lipinski definition) is 2. The lowest BCUT2D eigenvalue weighted by atomic mass is 9.86. The molecule has 0 radical (unpaired) electrons. The minimum Gasteiger partial charge on any atom is -0.289 e. The van der Waals surface area contributed by atoms with E-state index in [-0.39, 0.29) is 5.78 Å². The number of benzene rings is 3. The zero-order valence-electron chi connectivity index (χ0n) is 11.1. The van der Waals surface area contributed by atoms with Crippen molar-refractivity contribution in [3.05, 3.63) is 65.7 Å². The number of aromatic nitrogens is 2. The molecule has 3 aromatic carbocycles. The molecule has 0 saturated carbocycles. The zero-order chi connectivity index (χ0) is 14.0. The Morgan fingerprint density at radius 1 is 0.857 bits per heavy atom. The summed E-state index contributed by atoms with van der Waals surface area (Å²) < 4.78 is 0. The summed E-state index contributed by atoms with van der Waals surface area (Å²) in [5.74, 6) is 0.0789. The van der Waals surface area contributed by atoms with Crippen molar-refractivity contribution in [2.45, 2.75) is 0 Å². The molecule has 1 aliphatic carbocycles. The van der Waals surface area contributed by atoms with Crippen LogP contribution >= 0.6 is 0 Å². The number of fused-ring (bicyclic) bond motifs is 4. The Hall–Kier alpha value is -2.94. The predicted octanol–water partition coefficient (Wildman–Crippen LogP) is 3.93. The molecule has 0 bridgehead atoms. The fourth-order valence-electron chi connectivity index (χ4n) is 3.28. The minimum absolute atomic E-state index is 0.0789. The van der Waals surface area contributed by atoms with Crippen molar-refractivity contribution in [3.63, 3.8) is 0 Å². The molecule has 4 aromatic rings. The van der Waals surface area contributed by atoms with E-state index >= 15 is 0 Å². The van der Waals surface area contributed by atoms with E-state index in [2.05, 4.69) is 16.3 Å². The van der Waals surface area contributed by atoms with Gasteiger partial charge in [-0.1, -0.05) is 48.5 Å². The maximum Gasteiger partial charge on any atom is 0.194 e. The Kier molecular flexibility index (Phi) is 1.84. The Bertz CT molecular complexity index is 1060. The molecule has 3 heteroatoms. The number of aromatic amines is 1. The van der Waals surface area contributed by atoms with Crippen LogP contribution < -0.4 is 0 Å². The van der Waals surface area contributed by atoms with E-state index < -0.39 is 0 Å². The first kappa shape index (κ1) is 10.8. The standard InChI is InChI=1S/C18H10N2O/c21-18-13-8-4-3-7-12(13)17-15-14(18)9-10-5-1-2-6-11(10)16(15)19-20-17/h1-9H,(H,19,20). The van der Waals surface area contributed by atoms with Gasteiger partial charge in [0.15, 0.2) is 5.78 Å². The van der Waals surface area contributed by atoms with Gasteiger partial charge in [0.1, 0.15) is 5.69 Å². The maximum atomic E-state index is 12.8. The molecule has 1 heterocycles. The highest BCUT2D eigenvalue weighted by Crippen LogP contribution is 2.40. The van der Waals surface area contributed by atoms with E-state index in [4.69, 9.17) is 0 Å². The molecular weight excluding hydrogens is 260 g/mol. The molecular formula is C18H10N2O. The fraction of sp³-hybridized carbons (Fsp3) is 0. The van der Waals surface area contributed by atoms with Crippen molar-refractivity contribution < 1.29 is 4.79 Å². The highest BCUT2D eigenvalue weighted by Gasteiger charge is 2.28. The lowest BCUT2D eigenvalue weighted by Crippen LogP contribution is -2.08. The van der Waals surface area contributed by atoms with E-state index in [0.29, 0.717) is 0 Å². The van der Waals surface area contributed by atoms with Crippen LogP contribution in [0, 0.1) is 0 Å². The number of ketones is 1. The first-order valence-corrected chi connectivity index (χ1v) is 6.88. The van der Waals surface area contributed by atoms with Gasteiger partial charge >= 0.3 is 0 Å². The van der Waals surface area contributed by atoms with E-state index in [1.807, 2.05) is 48.5 Å². The first-order valence-electron chi connectivity index (χ1n) is 6.88. The normalized spacial score (nSPS) is 12.9. The van der Waals surface area contributed by atoms with Crippen molar-refractivity contribution in [2.24, 2.45) is 0 Å². The number of hydrogen-bond donors (Lipinski definition) is 1. The van der Waals surface area contributed by atoms with Crippen molar-refractivity contribution in [1.29, 1.82) is 0 Å². The Morgan fingerprint density at radius 2 is 1.62 bits per heavy atom. The highest BCUT2D eigenvalue weighted by atomic mass is 16.1. The molecule has 0 atom stereocenters. The third-order valence-electron chi connectivity index (χ3n) is 4.24. The summed E-state index contributed by atoms with van der Waals surface area (Å²) >= 11 is 0. The molecule has 1 aliphatic rings. The predicted molar refractivity (Wildman–Crippen MR) is 82.5 cm³/mol. The van der Waals surface area contributed by atoms with Gasteiger partial charge in [-0.15, -0.1) is 0 Å². The Labute approximate surface area is 120 Å². The summed E-state index contributed by atoms with van der Waals surface area (Å²) in [5, 5.41) is 10.7. The number of nitrogens with one attached hydrogen (secondary N) is 1. The van der Waals surface area contributed by atoms with Crippen LogP contribution in [-0.4, -0.2) is 16.0 Å². The number of carbonyl (C=O) groups is 1. The molecule has 21 heavy (non-hydrogen) atoms. The molecule has 0 fully saturated rings. The monoisotopic (exact) mass is 270 g/mol. The largest absolute Gasteiger partial charge is 0.289 e. The fourth-order valence-corrected chi connectivity index (χ4v) is 3.28. The van der Waals surface area contributed by atoms with Crippen LogP contribution in [0.3, 0.4) is 0 Å². The van der Waals surface area contributed by atoms with Gasteiger partial charge in [0.25, 0.3) is 0 Å². The summed E-state index contributed by atoms with van der Waals surface area (Å²) in [6.07, 6.45) is 0. The van der Waals surface area contributed by atoms with Gasteiger partial charge < -0.3 is 0 Å². The van der Waals surface area contributed by atoms with Crippen LogP contribution in [0.5, 0.6) is 0 Å². The van der Waals surface area contributed by atoms with E-state index in [9.17, 15) is 4.79 Å². The lowest BCUT2D eigenvalue weighted by molar-refractivity contribution is 0.104. The molecule has 1 aromatic heterocycles. The highest BCUT2D eigenvalue weighted by molar-refractivity contribution is 6.28. The molecule has 1 N–H and O–H groups in total. The molecule has 0 aliphatic heterocycles. The second-order valence-corrected chi connectivity index (χ2v) is 5.34. The molecule has 0 spiro atoms. The molecule has 98 valence electrons. The number of rotatable bonds is 0. The van der Waals surface area contributed by atoms with E-state index in [1.165, 1.54) is 0 Å². The maximum absolute atomic E-state index is 12.8. The third-order valence-corrected chi connectivity index (χ3v) is 4.24. The molecule has 0 saturated heterocycles. The van der Waals surface area contributed by atoms with Gasteiger partial charge in [-0.2, -0.15) is 5.10 Å². The van der Waals surface area contributed by atoms with Crippen molar-refractivity contribution >= 4 is 27.5 Å². The zero-order valence-corrected chi connectivity index (χ0v) is 11.1. The summed E-state index contributed by atoms with van der Waals surface area (Å²) in [5.41, 5.74) is 4.21. The van der Waals surface area contributed by atoms with Gasteiger partial charge in [-0.3, -0.25) is 9.89 Å². The second-order valence-electron chi connectivity index (χ2n) is 5.34. The van der Waals surface area contributed by atoms with E-state index in [0.717, 1.165) is 44.1 Å². The quantitative estimate of drug-likeness (QED) is 0.463. The van der Waals surface area contributed by atoms with Crippen LogP contribution in [0.15, 0.2) is 54.6 Å². The smallest absolute Gasteiger partial charge is 0.194 e. The summed E-state index contributed by atoms with van der Waals surface area (Å²) in [6, 6.07) is 17.7. The minimum atomic E-state index is 0.0789. The molecule has 0 unspecified atom stereocenters. The second kappa shape index (κ2) is 3.58. The number of H-pyrrole nitrogens is 1. The SMILES string of the molecule is O=C1c2ccccc2-c2n[nH]c3c2c1cc1ccccc13. The first-order chi connectivity index (χ1) is 10.3. The van der Waals surface area contributed by atoms with Crippen LogP contribution in [0.4, 0.5) is 0 Å². The summed E-state index contributed by atoms with van der Waals surface area (Å²) in [4.78, 5) is 12.8. The molecule has 5 rings (SSSR count). The molecule has 3 nitrogen and oxygen atoms in total. The van der Waals surface area contributed by atoms with Crippen LogP contribution in [0.25, 0.3) is 32.9 Å². The third kappa shape index (κ3) is 1.23. The average Bonchev–Trinajstić information content (AvgIpc) is 2.98. The van der Waals surface area contributed by atoms with Gasteiger partial charge in [-0.05, 0) is 11.5 Å². The van der Waals surface area contributed by atoms with Crippen molar-refractivity contribution in [3.8, 4) is 11.3 Å². The Balaban J connectivity index is 2.07. The topological polar surface area (TPSA) is 45.8 Å². The van der Waals surface area contributed by atoms with Gasteiger partial charge in [-0.25, -0.2) is 0 Å². The lowest BCUT2D eigenvalue weighted by Gasteiger charge is -2.15. The van der Waals surface area contributed by atoms with Gasteiger partial charge in [0.05, 0.1) is 5.52 Å². The van der Waals surface area contributed by atoms with Crippen LogP contribution in [0.2, 0.25) is 0 Å². The van der Waals surface area contributed by atoms with Gasteiger partial charge in [0.2, 0.25) is 0 Å².